The van der Waals surface area contributed by atoms with Gasteiger partial charge in [-0.15, -0.1) is 11.8 Å². The smallest absolute Gasteiger partial charge is 0.251 e. The second-order valence-corrected chi connectivity index (χ2v) is 7.13. The highest BCUT2D eigenvalue weighted by Gasteiger charge is 2.04. The molecule has 0 spiro atoms. The van der Waals surface area contributed by atoms with Crippen LogP contribution >= 0.6 is 11.8 Å². The van der Waals surface area contributed by atoms with Crippen molar-refractivity contribution in [1.82, 2.24) is 16.0 Å². The molecular weight excluding hydrogens is 375 g/mol. The molecule has 2 rings (SSSR count). The highest BCUT2D eigenvalue weighted by Crippen LogP contribution is 2.20. The number of rotatable bonds is 9. The first-order valence-electron chi connectivity index (χ1n) is 9.34. The van der Waals surface area contributed by atoms with Gasteiger partial charge in [0, 0.05) is 42.9 Å². The number of carbonyl (C=O) groups excluding carboxylic acids is 1. The number of nitrogens with one attached hydrogen (secondary N) is 3. The maximum Gasteiger partial charge on any atom is 0.251 e. The number of thioether (sulfide) groups is 1. The number of carbonyl (C=O) groups is 1. The Labute approximate surface area is 170 Å². The molecule has 5 nitrogen and oxygen atoms in total. The van der Waals surface area contributed by atoms with E-state index in [1.165, 1.54) is 17.8 Å². The third kappa shape index (κ3) is 7.23. The van der Waals surface area contributed by atoms with Crippen molar-refractivity contribution in [3.8, 4) is 0 Å². The molecule has 2 aromatic rings. The maximum atomic E-state index is 13.6. The summed E-state index contributed by atoms with van der Waals surface area (Å²) in [5, 5.41) is 9.11. The molecule has 0 unspecified atom stereocenters. The van der Waals surface area contributed by atoms with Crippen molar-refractivity contribution in [2.75, 3.05) is 32.4 Å². The van der Waals surface area contributed by atoms with Gasteiger partial charge in [0.2, 0.25) is 0 Å². The zero-order valence-corrected chi connectivity index (χ0v) is 17.1. The van der Waals surface area contributed by atoms with Gasteiger partial charge in [-0.3, -0.25) is 9.79 Å². The summed E-state index contributed by atoms with van der Waals surface area (Å²) in [6.45, 7) is 4.06. The Hall–Kier alpha value is -2.54. The van der Waals surface area contributed by atoms with Crippen molar-refractivity contribution in [3.63, 3.8) is 0 Å². The van der Waals surface area contributed by atoms with Gasteiger partial charge in [-0.2, -0.15) is 0 Å². The number of amides is 1. The van der Waals surface area contributed by atoms with Gasteiger partial charge in [-0.1, -0.05) is 24.3 Å². The Morgan fingerprint density at radius 3 is 2.71 bits per heavy atom. The van der Waals surface area contributed by atoms with E-state index in [-0.39, 0.29) is 11.7 Å². The molecular formula is C21H27FN4OS. The van der Waals surface area contributed by atoms with Crippen LogP contribution in [0, 0.1) is 5.82 Å². The first kappa shape index (κ1) is 21.8. The lowest BCUT2D eigenvalue weighted by Gasteiger charge is -2.11. The molecule has 0 radical (unpaired) electrons. The lowest BCUT2D eigenvalue weighted by Crippen LogP contribution is -2.38. The molecule has 150 valence electrons. The number of benzene rings is 2. The van der Waals surface area contributed by atoms with Gasteiger partial charge in [0.15, 0.2) is 5.96 Å². The second-order valence-electron chi connectivity index (χ2n) is 6.00. The van der Waals surface area contributed by atoms with Gasteiger partial charge in [0.05, 0.1) is 0 Å². The molecule has 28 heavy (non-hydrogen) atoms. The minimum absolute atomic E-state index is 0.0901. The van der Waals surface area contributed by atoms with E-state index in [1.807, 2.05) is 31.2 Å². The molecule has 0 atom stereocenters. The molecule has 0 fully saturated rings. The lowest BCUT2D eigenvalue weighted by molar-refractivity contribution is 0.0963. The molecule has 1 amide bonds. The minimum atomic E-state index is -0.188. The quantitative estimate of drug-likeness (QED) is 0.261. The van der Waals surface area contributed by atoms with Crippen LogP contribution in [0.5, 0.6) is 0 Å². The summed E-state index contributed by atoms with van der Waals surface area (Å²) in [5.41, 5.74) is 1.72. The fourth-order valence-electron chi connectivity index (χ4n) is 2.54. The van der Waals surface area contributed by atoms with Crippen LogP contribution in [0.25, 0.3) is 0 Å². The molecule has 0 saturated heterocycles. The summed E-state index contributed by atoms with van der Waals surface area (Å²) in [5.74, 6) is 1.19. The first-order valence-corrected chi connectivity index (χ1v) is 10.3. The topological polar surface area (TPSA) is 65.5 Å². The van der Waals surface area contributed by atoms with Gasteiger partial charge < -0.3 is 16.0 Å². The molecule has 3 N–H and O–H groups in total. The minimum Gasteiger partial charge on any atom is -0.357 e. The van der Waals surface area contributed by atoms with E-state index >= 15 is 0 Å². The van der Waals surface area contributed by atoms with Crippen LogP contribution < -0.4 is 16.0 Å². The van der Waals surface area contributed by atoms with Gasteiger partial charge >= 0.3 is 0 Å². The lowest BCUT2D eigenvalue weighted by atomic mass is 10.1. The van der Waals surface area contributed by atoms with E-state index in [2.05, 4.69) is 20.9 Å². The summed E-state index contributed by atoms with van der Waals surface area (Å²) in [6.07, 6.45) is 0.741. The summed E-state index contributed by atoms with van der Waals surface area (Å²) in [4.78, 5) is 16.9. The zero-order chi connectivity index (χ0) is 20.2. The summed E-state index contributed by atoms with van der Waals surface area (Å²) < 4.78 is 13.6. The van der Waals surface area contributed by atoms with Crippen LogP contribution in [0.15, 0.2) is 58.4 Å². The van der Waals surface area contributed by atoms with E-state index < -0.39 is 0 Å². The first-order chi connectivity index (χ1) is 13.6. The summed E-state index contributed by atoms with van der Waals surface area (Å²) in [7, 11) is 1.62. The maximum absolute atomic E-state index is 13.6. The standard InChI is InChI=1S/C21H27FN4OS/c1-3-24-21(26-13-14-28-19-10-5-4-9-18(19)22)25-12-11-16-7-6-8-17(15-16)20(27)23-2/h4-10,15H,3,11-14H2,1-2H3,(H,23,27)(H2,24,25,26). The van der Waals surface area contributed by atoms with E-state index in [4.69, 9.17) is 0 Å². The number of hydrogen-bond donors (Lipinski definition) is 3. The Bertz CT molecular complexity index is 797. The van der Waals surface area contributed by atoms with E-state index in [0.29, 0.717) is 23.5 Å². The Morgan fingerprint density at radius 2 is 1.96 bits per heavy atom. The zero-order valence-electron chi connectivity index (χ0n) is 16.3. The largest absolute Gasteiger partial charge is 0.357 e. The average molecular weight is 403 g/mol. The Morgan fingerprint density at radius 1 is 1.14 bits per heavy atom. The van der Waals surface area contributed by atoms with Crippen molar-refractivity contribution < 1.29 is 9.18 Å². The fraction of sp³-hybridized carbons (Fsp3) is 0.333. The highest BCUT2D eigenvalue weighted by molar-refractivity contribution is 7.99. The van der Waals surface area contributed by atoms with E-state index in [1.54, 1.807) is 25.2 Å². The Balaban J connectivity index is 1.81. The van der Waals surface area contributed by atoms with Crippen LogP contribution in [-0.4, -0.2) is 44.3 Å². The average Bonchev–Trinajstić information content (AvgIpc) is 2.72. The number of halogens is 1. The number of aliphatic imine (C=N–C) groups is 1. The highest BCUT2D eigenvalue weighted by atomic mass is 32.2. The molecule has 0 bridgehead atoms. The third-order valence-corrected chi connectivity index (χ3v) is 4.97. The van der Waals surface area contributed by atoms with Gasteiger partial charge in [-0.25, -0.2) is 4.39 Å². The number of guanidine groups is 1. The molecule has 0 saturated carbocycles. The monoisotopic (exact) mass is 402 g/mol. The second kappa shape index (κ2) is 12.0. The van der Waals surface area contributed by atoms with Gasteiger partial charge in [0.25, 0.3) is 5.91 Å². The molecule has 0 aromatic heterocycles. The SMILES string of the molecule is CCNC(=NCCc1cccc(C(=O)NC)c1)NCCSc1ccccc1F. The van der Waals surface area contributed by atoms with Crippen molar-refractivity contribution in [2.24, 2.45) is 4.99 Å². The fourth-order valence-corrected chi connectivity index (χ4v) is 3.35. The third-order valence-electron chi connectivity index (χ3n) is 3.92. The predicted octanol–water partition coefficient (Wildman–Crippen LogP) is 3.08. The molecule has 0 aliphatic heterocycles. The normalized spacial score (nSPS) is 11.2. The molecule has 0 aliphatic rings. The van der Waals surface area contributed by atoms with E-state index in [0.717, 1.165) is 30.2 Å². The van der Waals surface area contributed by atoms with Crippen molar-refractivity contribution >= 4 is 23.6 Å². The van der Waals surface area contributed by atoms with Crippen molar-refractivity contribution in [2.45, 2.75) is 18.2 Å². The molecule has 7 heteroatoms. The van der Waals surface area contributed by atoms with Crippen LogP contribution in [0.3, 0.4) is 0 Å². The van der Waals surface area contributed by atoms with Crippen LogP contribution in [0.2, 0.25) is 0 Å². The van der Waals surface area contributed by atoms with Crippen LogP contribution in [0.4, 0.5) is 4.39 Å². The molecule has 0 aliphatic carbocycles. The predicted molar refractivity (Wildman–Crippen MR) is 115 cm³/mol. The van der Waals surface area contributed by atoms with Gasteiger partial charge in [0.1, 0.15) is 5.82 Å². The van der Waals surface area contributed by atoms with E-state index in [9.17, 15) is 9.18 Å². The molecule has 2 aromatic carbocycles. The van der Waals surface area contributed by atoms with Crippen molar-refractivity contribution in [3.05, 3.63) is 65.5 Å². The van der Waals surface area contributed by atoms with Crippen LogP contribution in [0.1, 0.15) is 22.8 Å². The van der Waals surface area contributed by atoms with Gasteiger partial charge in [-0.05, 0) is 43.2 Å². The van der Waals surface area contributed by atoms with Crippen molar-refractivity contribution in [1.29, 1.82) is 0 Å². The summed E-state index contributed by atoms with van der Waals surface area (Å²) in [6, 6.07) is 14.3. The Kier molecular flexibility index (Phi) is 9.34. The number of hydrogen-bond acceptors (Lipinski definition) is 3. The van der Waals surface area contributed by atoms with Crippen LogP contribution in [-0.2, 0) is 6.42 Å². The molecule has 0 heterocycles. The summed E-state index contributed by atoms with van der Waals surface area (Å²) >= 11 is 1.48. The number of nitrogens with zero attached hydrogens (tertiary/aromatic N) is 1.